The first-order valence-electron chi connectivity index (χ1n) is 9.80. The summed E-state index contributed by atoms with van der Waals surface area (Å²) >= 11 is 4.43. The zero-order chi connectivity index (χ0) is 18.8. The number of hydrogen-bond donors (Lipinski definition) is 2. The maximum absolute atomic E-state index is 9.08. The Balaban J connectivity index is 3.41. The van der Waals surface area contributed by atoms with E-state index in [1.165, 1.54) is 64.2 Å². The molecule has 2 N–H and O–H groups in total. The van der Waals surface area contributed by atoms with Crippen molar-refractivity contribution >= 4 is 18.5 Å². The third-order valence-corrected chi connectivity index (χ3v) is 4.93. The van der Waals surface area contributed by atoms with Gasteiger partial charge >= 0.3 is 6.72 Å². The van der Waals surface area contributed by atoms with Crippen LogP contribution in [0.5, 0.6) is 0 Å². The van der Waals surface area contributed by atoms with Crippen LogP contribution >= 0.6 is 6.72 Å². The van der Waals surface area contributed by atoms with Gasteiger partial charge in [0.25, 0.3) is 0 Å². The summed E-state index contributed by atoms with van der Waals surface area (Å²) in [5, 5.41) is 0. The van der Waals surface area contributed by atoms with Gasteiger partial charge in [-0.25, -0.2) is 0 Å². The van der Waals surface area contributed by atoms with E-state index in [1.807, 2.05) is 0 Å². The fraction of sp³-hybridized carbons (Fsp3) is 1.00. The highest BCUT2D eigenvalue weighted by Gasteiger charge is 2.15. The molecule has 5 nitrogen and oxygen atoms in total. The van der Waals surface area contributed by atoms with Crippen LogP contribution in [0.25, 0.3) is 0 Å². The summed E-state index contributed by atoms with van der Waals surface area (Å²) in [6, 6.07) is 0. The van der Waals surface area contributed by atoms with Gasteiger partial charge in [0.15, 0.2) is 0 Å². The third kappa shape index (κ3) is 20.6. The molecule has 1 atom stereocenters. The third-order valence-electron chi connectivity index (χ3n) is 4.13. The second kappa shape index (κ2) is 17.8. The van der Waals surface area contributed by atoms with Crippen molar-refractivity contribution in [3.8, 4) is 0 Å². The summed E-state index contributed by atoms with van der Waals surface area (Å²) in [6.45, 7) is -0.320. The Hall–Kier alpha value is 0.450. The van der Waals surface area contributed by atoms with E-state index in [2.05, 4.69) is 18.7 Å². The Morgan fingerprint density at radius 1 is 0.800 bits per heavy atom. The predicted molar refractivity (Wildman–Crippen MR) is 107 cm³/mol. The van der Waals surface area contributed by atoms with Crippen molar-refractivity contribution in [2.75, 3.05) is 26.9 Å². The smallest absolute Gasteiger partial charge is 0.321 e. The van der Waals surface area contributed by atoms with Crippen LogP contribution in [0.15, 0.2) is 0 Å². The van der Waals surface area contributed by atoms with E-state index in [0.717, 1.165) is 12.8 Å². The van der Waals surface area contributed by atoms with E-state index in [0.29, 0.717) is 13.2 Å². The molecule has 0 aromatic rings. The van der Waals surface area contributed by atoms with Crippen molar-refractivity contribution in [3.63, 3.8) is 0 Å². The van der Waals surface area contributed by atoms with Gasteiger partial charge in [-0.05, 0) is 18.2 Å². The van der Waals surface area contributed by atoms with Gasteiger partial charge < -0.3 is 23.8 Å². The molecular weight excluding hydrogens is 359 g/mol. The fourth-order valence-electron chi connectivity index (χ4n) is 2.70. The average molecular weight is 399 g/mol. The van der Waals surface area contributed by atoms with E-state index in [-0.39, 0.29) is 12.7 Å². The summed E-state index contributed by atoms with van der Waals surface area (Å²) in [6.07, 6.45) is 15.4. The van der Waals surface area contributed by atoms with Crippen molar-refractivity contribution in [1.82, 2.24) is 0 Å². The van der Waals surface area contributed by atoms with Crippen LogP contribution in [-0.2, 0) is 25.8 Å². The molecule has 0 amide bonds. The summed E-state index contributed by atoms with van der Waals surface area (Å²) < 4.78 is 15.6. The fourth-order valence-corrected chi connectivity index (χ4v) is 3.25. The highest BCUT2D eigenvalue weighted by molar-refractivity contribution is 8.06. The molecule has 0 heterocycles. The van der Waals surface area contributed by atoms with Gasteiger partial charge in [0, 0.05) is 13.7 Å². The Morgan fingerprint density at radius 2 is 1.28 bits per heavy atom. The quantitative estimate of drug-likeness (QED) is 0.237. The zero-order valence-corrected chi connectivity index (χ0v) is 17.9. The van der Waals surface area contributed by atoms with Gasteiger partial charge in [-0.1, -0.05) is 77.6 Å². The lowest BCUT2D eigenvalue weighted by atomic mass is 10.1. The summed E-state index contributed by atoms with van der Waals surface area (Å²) in [4.78, 5) is 18.2. The average Bonchev–Trinajstić information content (AvgIpc) is 2.56. The molecule has 0 radical (unpaired) electrons. The number of rotatable bonds is 19. The van der Waals surface area contributed by atoms with Crippen molar-refractivity contribution in [1.29, 1.82) is 0 Å². The monoisotopic (exact) mass is 398 g/mol. The summed E-state index contributed by atoms with van der Waals surface area (Å²) in [5.74, 6) is 0. The molecule has 0 aromatic heterocycles. The molecule has 0 aliphatic rings. The molecule has 0 aromatic carbocycles. The largest absolute Gasteiger partial charge is 0.382 e. The van der Waals surface area contributed by atoms with Crippen LogP contribution < -0.4 is 0 Å². The topological polar surface area (TPSA) is 68.2 Å². The summed E-state index contributed by atoms with van der Waals surface area (Å²) in [5.41, 5.74) is 0. The lowest BCUT2D eigenvalue weighted by Gasteiger charge is -2.18. The van der Waals surface area contributed by atoms with Crippen LogP contribution in [0.3, 0.4) is 0 Å². The first kappa shape index (κ1) is 25.4. The van der Waals surface area contributed by atoms with Crippen molar-refractivity contribution in [2.45, 2.75) is 90.1 Å². The van der Waals surface area contributed by atoms with Crippen LogP contribution in [-0.4, -0.2) is 42.8 Å². The van der Waals surface area contributed by atoms with E-state index < -0.39 is 6.72 Å². The second-order valence-corrected chi connectivity index (χ2v) is 9.29. The Morgan fingerprint density at radius 3 is 1.72 bits per heavy atom. The Kier molecular flexibility index (Phi) is 18.2. The highest BCUT2D eigenvalue weighted by Crippen LogP contribution is 2.36. The maximum Gasteiger partial charge on any atom is 0.321 e. The molecule has 0 aliphatic carbocycles. The minimum atomic E-state index is -3.62. The van der Waals surface area contributed by atoms with Gasteiger partial charge in [-0.3, -0.25) is 0 Å². The first-order valence-corrected chi connectivity index (χ1v) is 12.4. The minimum absolute atomic E-state index is 0.0520. The van der Waals surface area contributed by atoms with E-state index in [4.69, 9.17) is 23.8 Å². The molecule has 1 unspecified atom stereocenters. The number of methoxy groups -OCH3 is 1. The van der Waals surface area contributed by atoms with Crippen molar-refractivity contribution in [2.24, 2.45) is 0 Å². The lowest BCUT2D eigenvalue weighted by Crippen LogP contribution is -2.25. The molecule has 0 saturated heterocycles. The van der Waals surface area contributed by atoms with Crippen LogP contribution in [0, 0.1) is 0 Å². The second-order valence-electron chi connectivity index (χ2n) is 6.62. The number of ether oxygens (including phenoxy) is 2. The molecule has 0 saturated carbocycles. The molecular formula is C18H39O5PS. The Labute approximate surface area is 159 Å². The molecule has 152 valence electrons. The van der Waals surface area contributed by atoms with E-state index >= 15 is 0 Å². The zero-order valence-electron chi connectivity index (χ0n) is 16.2. The highest BCUT2D eigenvalue weighted by atomic mass is 32.5. The van der Waals surface area contributed by atoms with Gasteiger partial charge in [0.1, 0.15) is 6.10 Å². The molecule has 0 rings (SSSR count). The van der Waals surface area contributed by atoms with Gasteiger partial charge in [0.2, 0.25) is 0 Å². The summed E-state index contributed by atoms with van der Waals surface area (Å²) in [7, 11) is 1.58. The van der Waals surface area contributed by atoms with Crippen LogP contribution in [0.2, 0.25) is 0 Å². The molecule has 0 aliphatic heterocycles. The van der Waals surface area contributed by atoms with Crippen molar-refractivity contribution in [3.05, 3.63) is 0 Å². The number of hydrogen-bond acceptors (Lipinski definition) is 4. The maximum atomic E-state index is 9.08. The molecule has 25 heavy (non-hydrogen) atoms. The predicted octanol–water partition coefficient (Wildman–Crippen LogP) is 4.94. The molecule has 0 spiro atoms. The molecule has 7 heteroatoms. The van der Waals surface area contributed by atoms with Gasteiger partial charge in [-0.2, -0.15) is 0 Å². The van der Waals surface area contributed by atoms with Crippen molar-refractivity contribution < 1.29 is 23.8 Å². The van der Waals surface area contributed by atoms with E-state index in [1.54, 1.807) is 7.11 Å². The van der Waals surface area contributed by atoms with Crippen LogP contribution in [0.4, 0.5) is 0 Å². The number of unbranched alkanes of at least 4 members (excludes halogenated alkanes) is 11. The normalized spacial score (nSPS) is 13.3. The van der Waals surface area contributed by atoms with E-state index in [9.17, 15) is 0 Å². The lowest BCUT2D eigenvalue weighted by molar-refractivity contribution is -0.0287. The SMILES string of the molecule is CCCCCCCCCCCCCCOC(COC)COP(O)(O)=S. The van der Waals surface area contributed by atoms with Gasteiger partial charge in [-0.15, -0.1) is 0 Å². The Bertz CT molecular complexity index is 325. The molecule has 0 fully saturated rings. The minimum Gasteiger partial charge on any atom is -0.382 e. The first-order chi connectivity index (χ1) is 12.0. The standard InChI is InChI=1S/C18H39O5PS/c1-3-4-5-6-7-8-9-10-11-12-13-14-15-22-18(16-21-2)17-23-24(19,20)25/h18H,3-17H2,1-2H3,(H2,19,20,25). The van der Waals surface area contributed by atoms with Gasteiger partial charge in [0.05, 0.1) is 13.2 Å². The van der Waals surface area contributed by atoms with Crippen LogP contribution in [0.1, 0.15) is 84.0 Å². The molecule has 0 bridgehead atoms.